The van der Waals surface area contributed by atoms with E-state index in [4.69, 9.17) is 10.5 Å². The molecule has 0 aromatic rings. The van der Waals surface area contributed by atoms with Crippen LogP contribution in [-0.2, 0) is 4.74 Å². The number of amides is 2. The Morgan fingerprint density at radius 2 is 2.40 bits per heavy atom. The van der Waals surface area contributed by atoms with Crippen molar-refractivity contribution < 1.29 is 9.53 Å². The SMILES string of the molecule is CCC(C)(CN)OCCN1CCNC1=O. The fourth-order valence-electron chi connectivity index (χ4n) is 1.43. The van der Waals surface area contributed by atoms with E-state index < -0.39 is 0 Å². The molecule has 1 fully saturated rings. The van der Waals surface area contributed by atoms with Crippen molar-refractivity contribution in [2.24, 2.45) is 5.73 Å². The monoisotopic (exact) mass is 215 g/mol. The van der Waals surface area contributed by atoms with Crippen molar-refractivity contribution in [1.82, 2.24) is 10.2 Å². The second-order valence-electron chi connectivity index (χ2n) is 4.08. The lowest BCUT2D eigenvalue weighted by Gasteiger charge is -2.28. The molecule has 1 saturated heterocycles. The molecule has 0 aromatic carbocycles. The van der Waals surface area contributed by atoms with Crippen LogP contribution in [0.25, 0.3) is 0 Å². The standard InChI is InChI=1S/C10H21N3O2/c1-3-10(2,8-11)15-7-6-13-5-4-12-9(13)14/h3-8,11H2,1-2H3,(H,12,14). The van der Waals surface area contributed by atoms with Crippen LogP contribution in [0.15, 0.2) is 0 Å². The number of ether oxygens (including phenoxy) is 1. The molecular weight excluding hydrogens is 194 g/mol. The summed E-state index contributed by atoms with van der Waals surface area (Å²) < 4.78 is 5.69. The van der Waals surface area contributed by atoms with E-state index in [1.54, 1.807) is 4.90 Å². The maximum Gasteiger partial charge on any atom is 0.317 e. The van der Waals surface area contributed by atoms with Crippen LogP contribution in [-0.4, -0.2) is 49.3 Å². The van der Waals surface area contributed by atoms with Crippen molar-refractivity contribution >= 4 is 6.03 Å². The summed E-state index contributed by atoms with van der Waals surface area (Å²) in [5, 5.41) is 2.75. The molecule has 5 nitrogen and oxygen atoms in total. The minimum Gasteiger partial charge on any atom is -0.372 e. The second kappa shape index (κ2) is 5.32. The summed E-state index contributed by atoms with van der Waals surface area (Å²) in [6.07, 6.45) is 0.885. The molecular formula is C10H21N3O2. The lowest BCUT2D eigenvalue weighted by Crippen LogP contribution is -2.40. The number of carbonyl (C=O) groups excluding carboxylic acids is 1. The molecule has 1 aliphatic heterocycles. The van der Waals surface area contributed by atoms with E-state index in [1.807, 2.05) is 6.92 Å². The Hall–Kier alpha value is -0.810. The fourth-order valence-corrected chi connectivity index (χ4v) is 1.43. The van der Waals surface area contributed by atoms with E-state index in [9.17, 15) is 4.79 Å². The maximum absolute atomic E-state index is 11.2. The molecule has 1 aliphatic rings. The van der Waals surface area contributed by atoms with E-state index in [1.165, 1.54) is 0 Å². The first-order valence-electron chi connectivity index (χ1n) is 5.48. The van der Waals surface area contributed by atoms with Crippen molar-refractivity contribution in [2.75, 3.05) is 32.8 Å². The molecule has 0 saturated carbocycles. The lowest BCUT2D eigenvalue weighted by molar-refractivity contribution is -0.0314. The van der Waals surface area contributed by atoms with E-state index in [0.29, 0.717) is 19.7 Å². The van der Waals surface area contributed by atoms with Gasteiger partial charge < -0.3 is 20.7 Å². The minimum absolute atomic E-state index is 0.00421. The molecule has 0 aromatic heterocycles. The number of nitrogens with two attached hydrogens (primary N) is 1. The van der Waals surface area contributed by atoms with Gasteiger partial charge in [0.25, 0.3) is 0 Å². The first kappa shape index (κ1) is 12.3. The third kappa shape index (κ3) is 3.35. The Labute approximate surface area is 90.9 Å². The summed E-state index contributed by atoms with van der Waals surface area (Å²) in [7, 11) is 0. The normalized spacial score (nSPS) is 20.2. The zero-order valence-electron chi connectivity index (χ0n) is 9.58. The van der Waals surface area contributed by atoms with Gasteiger partial charge in [0, 0.05) is 26.2 Å². The highest BCUT2D eigenvalue weighted by atomic mass is 16.5. The maximum atomic E-state index is 11.2. The highest BCUT2D eigenvalue weighted by Gasteiger charge is 2.23. The van der Waals surface area contributed by atoms with E-state index >= 15 is 0 Å². The Bertz CT molecular complexity index is 217. The van der Waals surface area contributed by atoms with Gasteiger partial charge in [-0.2, -0.15) is 0 Å². The van der Waals surface area contributed by atoms with Crippen molar-refractivity contribution in [3.63, 3.8) is 0 Å². The minimum atomic E-state index is -0.254. The molecule has 3 N–H and O–H groups in total. The third-order valence-electron chi connectivity index (χ3n) is 2.94. The van der Waals surface area contributed by atoms with Crippen molar-refractivity contribution in [3.8, 4) is 0 Å². The highest BCUT2D eigenvalue weighted by molar-refractivity contribution is 5.76. The predicted molar refractivity (Wildman–Crippen MR) is 58.7 cm³/mol. The van der Waals surface area contributed by atoms with Crippen LogP contribution >= 0.6 is 0 Å². The van der Waals surface area contributed by atoms with Crippen LogP contribution in [0.4, 0.5) is 4.79 Å². The molecule has 0 bridgehead atoms. The molecule has 1 rings (SSSR count). The number of hydrogen-bond acceptors (Lipinski definition) is 3. The van der Waals surface area contributed by atoms with Crippen molar-refractivity contribution in [1.29, 1.82) is 0 Å². The molecule has 1 heterocycles. The molecule has 0 aliphatic carbocycles. The molecule has 1 atom stereocenters. The Morgan fingerprint density at radius 3 is 2.87 bits per heavy atom. The predicted octanol–water partition coefficient (Wildman–Crippen LogP) is 0.156. The Morgan fingerprint density at radius 1 is 1.67 bits per heavy atom. The third-order valence-corrected chi connectivity index (χ3v) is 2.94. The van der Waals surface area contributed by atoms with Crippen LogP contribution < -0.4 is 11.1 Å². The quantitative estimate of drug-likeness (QED) is 0.663. The van der Waals surface area contributed by atoms with Gasteiger partial charge in [0.1, 0.15) is 0 Å². The van der Waals surface area contributed by atoms with Crippen LogP contribution in [0.3, 0.4) is 0 Å². The van der Waals surface area contributed by atoms with Gasteiger partial charge >= 0.3 is 6.03 Å². The van der Waals surface area contributed by atoms with Gasteiger partial charge in [0.2, 0.25) is 0 Å². The van der Waals surface area contributed by atoms with Gasteiger partial charge in [0.05, 0.1) is 12.2 Å². The number of nitrogens with one attached hydrogen (secondary N) is 1. The summed E-state index contributed by atoms with van der Waals surface area (Å²) in [5.74, 6) is 0. The Balaban J connectivity index is 2.23. The fraction of sp³-hybridized carbons (Fsp3) is 0.900. The van der Waals surface area contributed by atoms with E-state index in [0.717, 1.165) is 19.5 Å². The molecule has 15 heavy (non-hydrogen) atoms. The first-order chi connectivity index (χ1) is 7.11. The molecule has 2 amide bonds. The average Bonchev–Trinajstić information content (AvgIpc) is 2.64. The van der Waals surface area contributed by atoms with Crippen molar-refractivity contribution in [3.05, 3.63) is 0 Å². The summed E-state index contributed by atoms with van der Waals surface area (Å²) in [4.78, 5) is 13.0. The highest BCUT2D eigenvalue weighted by Crippen LogP contribution is 2.12. The van der Waals surface area contributed by atoms with Gasteiger partial charge in [-0.1, -0.05) is 6.92 Å². The van der Waals surface area contributed by atoms with Gasteiger partial charge in [-0.05, 0) is 13.3 Å². The van der Waals surface area contributed by atoms with E-state index in [-0.39, 0.29) is 11.6 Å². The molecule has 0 spiro atoms. The Kier molecular flexibility index (Phi) is 4.35. The molecule has 1 unspecified atom stereocenters. The van der Waals surface area contributed by atoms with Gasteiger partial charge in [-0.25, -0.2) is 4.79 Å². The number of rotatable bonds is 6. The zero-order valence-corrected chi connectivity index (χ0v) is 9.58. The number of nitrogens with zero attached hydrogens (tertiary/aromatic N) is 1. The largest absolute Gasteiger partial charge is 0.372 e. The topological polar surface area (TPSA) is 67.6 Å². The summed E-state index contributed by atoms with van der Waals surface area (Å²) in [5.41, 5.74) is 5.37. The number of hydrogen-bond donors (Lipinski definition) is 2. The lowest BCUT2D eigenvalue weighted by atomic mass is 10.0. The smallest absolute Gasteiger partial charge is 0.317 e. The van der Waals surface area contributed by atoms with Crippen LogP contribution in [0.1, 0.15) is 20.3 Å². The van der Waals surface area contributed by atoms with Crippen molar-refractivity contribution in [2.45, 2.75) is 25.9 Å². The molecule has 88 valence electrons. The molecule has 0 radical (unpaired) electrons. The zero-order chi connectivity index (χ0) is 11.3. The van der Waals surface area contributed by atoms with Gasteiger partial charge in [0.15, 0.2) is 0 Å². The molecule has 5 heteroatoms. The summed E-state index contributed by atoms with van der Waals surface area (Å²) in [6, 6.07) is 0.00421. The second-order valence-corrected chi connectivity index (χ2v) is 4.08. The first-order valence-corrected chi connectivity index (χ1v) is 5.48. The average molecular weight is 215 g/mol. The van der Waals surface area contributed by atoms with Crippen LogP contribution in [0.2, 0.25) is 0 Å². The number of urea groups is 1. The van der Waals surface area contributed by atoms with Crippen LogP contribution in [0.5, 0.6) is 0 Å². The number of carbonyl (C=O) groups is 1. The van der Waals surface area contributed by atoms with Gasteiger partial charge in [-0.15, -0.1) is 0 Å². The van der Waals surface area contributed by atoms with E-state index in [2.05, 4.69) is 12.2 Å². The summed E-state index contributed by atoms with van der Waals surface area (Å²) >= 11 is 0. The summed E-state index contributed by atoms with van der Waals surface area (Å²) in [6.45, 7) is 7.26. The van der Waals surface area contributed by atoms with Crippen LogP contribution in [0, 0.1) is 0 Å². The van der Waals surface area contributed by atoms with Gasteiger partial charge in [-0.3, -0.25) is 0 Å².